The van der Waals surface area contributed by atoms with E-state index in [1.807, 2.05) is 49.5 Å². The topological polar surface area (TPSA) is 75.9 Å². The highest BCUT2D eigenvalue weighted by Gasteiger charge is 2.27. The fourth-order valence-electron chi connectivity index (χ4n) is 3.94. The Morgan fingerprint density at radius 3 is 2.66 bits per heavy atom. The van der Waals surface area contributed by atoms with Gasteiger partial charge in [0.2, 0.25) is 0 Å². The normalized spacial score (nSPS) is 17.2. The molecule has 0 radical (unpaired) electrons. The van der Waals surface area contributed by atoms with E-state index in [-0.39, 0.29) is 5.56 Å². The van der Waals surface area contributed by atoms with Crippen LogP contribution in [-0.4, -0.2) is 38.8 Å². The van der Waals surface area contributed by atoms with Crippen molar-refractivity contribution >= 4 is 28.5 Å². The van der Waals surface area contributed by atoms with Crippen LogP contribution >= 0.6 is 0 Å². The smallest absolute Gasteiger partial charge is 0.129 e. The molecule has 0 bridgehead atoms. The number of carboxylic acids is 1. The maximum absolute atomic E-state index is 12.0. The van der Waals surface area contributed by atoms with Crippen LogP contribution in [-0.2, 0) is 6.54 Å². The van der Waals surface area contributed by atoms with Gasteiger partial charge in [-0.25, -0.2) is 4.98 Å². The second kappa shape index (κ2) is 7.56. The summed E-state index contributed by atoms with van der Waals surface area (Å²) in [7, 11) is 5.26. The number of aromatic carboxylic acids is 1. The van der Waals surface area contributed by atoms with E-state index in [1.54, 1.807) is 20.3 Å². The summed E-state index contributed by atoms with van der Waals surface area (Å²) in [5.74, 6) is 0.220. The van der Waals surface area contributed by atoms with Crippen LogP contribution in [0.1, 0.15) is 27.2 Å². The number of pyridine rings is 1. The Bertz CT molecular complexity index is 1140. The third kappa shape index (κ3) is 3.43. The van der Waals surface area contributed by atoms with Gasteiger partial charge in [0.1, 0.15) is 24.6 Å². The molecule has 1 atom stereocenters. The number of carbonyl (C=O) groups is 1. The maximum atomic E-state index is 12.0. The second-order valence-corrected chi connectivity index (χ2v) is 7.21. The number of hydrogen-bond acceptors (Lipinski definition) is 5. The summed E-state index contributed by atoms with van der Waals surface area (Å²) in [6.45, 7) is 1.30. The van der Waals surface area contributed by atoms with Crippen molar-refractivity contribution in [2.75, 3.05) is 27.8 Å². The van der Waals surface area contributed by atoms with Crippen LogP contribution in [0.4, 0.5) is 0 Å². The van der Waals surface area contributed by atoms with Gasteiger partial charge >= 0.3 is 0 Å². The highest BCUT2D eigenvalue weighted by atomic mass is 16.5. The van der Waals surface area contributed by atoms with Crippen molar-refractivity contribution in [1.29, 1.82) is 0 Å². The third-order valence-electron chi connectivity index (χ3n) is 5.24. The maximum Gasteiger partial charge on any atom is 0.129 e. The first kappa shape index (κ1) is 19.0. The van der Waals surface area contributed by atoms with E-state index in [2.05, 4.69) is 0 Å². The zero-order valence-corrected chi connectivity index (χ0v) is 16.6. The lowest BCUT2D eigenvalue weighted by molar-refractivity contribution is -0.887. The standard InChI is InChI=1S/C23H22N2O4/c1-25-12-15(10-14-8-9-16(28-2)11-20(14)29-3)22-18(13-25)21(23(26)27)17-6-4-5-7-19(17)24-22/h4-11H,12-13H2,1-3H3,(H,26,27)/b15-10+. The summed E-state index contributed by atoms with van der Waals surface area (Å²) in [5.41, 5.74) is 4.15. The molecule has 0 aliphatic carbocycles. The molecule has 29 heavy (non-hydrogen) atoms. The van der Waals surface area contributed by atoms with E-state index in [0.29, 0.717) is 40.2 Å². The number of para-hydroxylation sites is 1. The molecule has 2 aromatic carbocycles. The van der Waals surface area contributed by atoms with Gasteiger partial charge in [0.05, 0.1) is 38.4 Å². The molecule has 1 N–H and O–H groups in total. The molecule has 1 aromatic heterocycles. The molecule has 4 rings (SSSR count). The number of aromatic nitrogens is 1. The summed E-state index contributed by atoms with van der Waals surface area (Å²) in [4.78, 5) is 18.0. The average Bonchev–Trinajstić information content (AvgIpc) is 2.72. The van der Waals surface area contributed by atoms with Crippen molar-refractivity contribution in [3.8, 4) is 11.5 Å². The van der Waals surface area contributed by atoms with E-state index < -0.39 is 5.97 Å². The van der Waals surface area contributed by atoms with Crippen LogP contribution in [0.2, 0.25) is 0 Å². The number of rotatable bonds is 4. The molecule has 0 saturated carbocycles. The summed E-state index contributed by atoms with van der Waals surface area (Å²) in [6, 6.07) is 12.9. The number of methoxy groups -OCH3 is 2. The van der Waals surface area contributed by atoms with Gasteiger partial charge < -0.3 is 24.3 Å². The molecule has 1 aliphatic heterocycles. The summed E-state index contributed by atoms with van der Waals surface area (Å²) in [5, 5.41) is 12.6. The number of carboxylic acid groups (broad SMARTS) is 1. The predicted octanol–water partition coefficient (Wildman–Crippen LogP) is 1.18. The van der Waals surface area contributed by atoms with E-state index in [0.717, 1.165) is 17.7 Å². The number of carbonyl (C=O) groups excluding carboxylic acids is 1. The zero-order chi connectivity index (χ0) is 20.5. The minimum atomic E-state index is -1.17. The Balaban J connectivity index is 1.95. The number of benzene rings is 2. The van der Waals surface area contributed by atoms with E-state index in [4.69, 9.17) is 14.5 Å². The number of nitrogens with zero attached hydrogens (tertiary/aromatic N) is 1. The first-order chi connectivity index (χ1) is 14.0. The fourth-order valence-corrected chi connectivity index (χ4v) is 3.94. The first-order valence-corrected chi connectivity index (χ1v) is 9.39. The largest absolute Gasteiger partial charge is 0.545 e. The predicted molar refractivity (Wildman–Crippen MR) is 109 cm³/mol. The Hall–Kier alpha value is -3.38. The first-order valence-electron chi connectivity index (χ1n) is 9.39. The molecule has 6 heteroatoms. The van der Waals surface area contributed by atoms with Crippen LogP contribution < -0.4 is 19.5 Å². The molecular weight excluding hydrogens is 368 g/mol. The van der Waals surface area contributed by atoms with Crippen LogP contribution in [0.5, 0.6) is 11.5 Å². The van der Waals surface area contributed by atoms with Crippen molar-refractivity contribution in [3.63, 3.8) is 0 Å². The zero-order valence-electron chi connectivity index (χ0n) is 16.6. The van der Waals surface area contributed by atoms with Crippen molar-refractivity contribution in [3.05, 3.63) is 64.8 Å². The Labute approximate surface area is 169 Å². The lowest BCUT2D eigenvalue weighted by Crippen LogP contribution is -3.08. The Morgan fingerprint density at radius 1 is 1.14 bits per heavy atom. The highest BCUT2D eigenvalue weighted by molar-refractivity contribution is 6.05. The third-order valence-corrected chi connectivity index (χ3v) is 5.24. The van der Waals surface area contributed by atoms with Gasteiger partial charge in [0.25, 0.3) is 0 Å². The fraction of sp³-hybridized carbons (Fsp3) is 0.217. The molecule has 1 unspecified atom stereocenters. The van der Waals surface area contributed by atoms with Crippen LogP contribution in [0, 0.1) is 0 Å². The lowest BCUT2D eigenvalue weighted by atomic mass is 9.92. The van der Waals surface area contributed by atoms with Gasteiger partial charge in [0.15, 0.2) is 0 Å². The van der Waals surface area contributed by atoms with E-state index in [1.165, 1.54) is 4.90 Å². The van der Waals surface area contributed by atoms with Crippen LogP contribution in [0.15, 0.2) is 42.5 Å². The van der Waals surface area contributed by atoms with Gasteiger partial charge in [-0.2, -0.15) is 0 Å². The van der Waals surface area contributed by atoms with Gasteiger partial charge in [-0.3, -0.25) is 0 Å². The van der Waals surface area contributed by atoms with E-state index in [9.17, 15) is 9.90 Å². The summed E-state index contributed by atoms with van der Waals surface area (Å²) in [6.07, 6.45) is 2.01. The SMILES string of the molecule is COc1ccc(/C=C2\C[NH+](C)Cc3c2nc2ccccc2c3C(=O)[O-])c(OC)c1. The summed E-state index contributed by atoms with van der Waals surface area (Å²) >= 11 is 0. The number of quaternary nitrogens is 1. The highest BCUT2D eigenvalue weighted by Crippen LogP contribution is 2.32. The molecule has 3 aromatic rings. The minimum absolute atomic E-state index is 0.234. The van der Waals surface area contributed by atoms with Crippen molar-refractivity contribution < 1.29 is 24.3 Å². The summed E-state index contributed by atoms with van der Waals surface area (Å²) < 4.78 is 10.8. The number of hydrogen-bond donors (Lipinski definition) is 1. The molecule has 0 fully saturated rings. The van der Waals surface area contributed by atoms with Crippen molar-refractivity contribution in [2.24, 2.45) is 0 Å². The van der Waals surface area contributed by atoms with Gasteiger partial charge in [0, 0.05) is 33.7 Å². The quantitative estimate of drug-likeness (QED) is 0.724. The van der Waals surface area contributed by atoms with E-state index >= 15 is 0 Å². The van der Waals surface area contributed by atoms with Gasteiger partial charge in [-0.05, 0) is 24.3 Å². The molecular formula is C23H22N2O4. The van der Waals surface area contributed by atoms with Crippen molar-refractivity contribution in [1.82, 2.24) is 4.98 Å². The monoisotopic (exact) mass is 390 g/mol. The Kier molecular flexibility index (Phi) is 4.94. The lowest BCUT2D eigenvalue weighted by Gasteiger charge is -2.27. The van der Waals surface area contributed by atoms with Crippen molar-refractivity contribution in [2.45, 2.75) is 6.54 Å². The minimum Gasteiger partial charge on any atom is -0.545 e. The molecule has 0 spiro atoms. The molecule has 148 valence electrons. The van der Waals surface area contributed by atoms with Crippen LogP contribution in [0.25, 0.3) is 22.6 Å². The van der Waals surface area contributed by atoms with Gasteiger partial charge in [-0.15, -0.1) is 0 Å². The molecule has 0 amide bonds. The number of likely N-dealkylation sites (N-methyl/N-ethyl adjacent to an activating group) is 1. The number of ether oxygens (including phenoxy) is 2. The average molecular weight is 390 g/mol. The van der Waals surface area contributed by atoms with Crippen LogP contribution in [0.3, 0.4) is 0 Å². The molecule has 1 aliphatic rings. The molecule has 6 nitrogen and oxygen atoms in total. The molecule has 0 saturated heterocycles. The van der Waals surface area contributed by atoms with Gasteiger partial charge in [-0.1, -0.05) is 18.2 Å². The molecule has 2 heterocycles. The Morgan fingerprint density at radius 2 is 1.93 bits per heavy atom. The number of nitrogens with one attached hydrogen (secondary N) is 1. The number of fused-ring (bicyclic) bond motifs is 2. The second-order valence-electron chi connectivity index (χ2n) is 7.21.